The third-order valence-corrected chi connectivity index (χ3v) is 5.77. The molecule has 1 aliphatic heterocycles. The Kier molecular flexibility index (Phi) is 14.6. The van der Waals surface area contributed by atoms with Gasteiger partial charge in [0.1, 0.15) is 5.60 Å². The van der Waals surface area contributed by atoms with Crippen LogP contribution in [0.25, 0.3) is 0 Å². The summed E-state index contributed by atoms with van der Waals surface area (Å²) in [4.78, 5) is 28.0. The molecule has 1 saturated heterocycles. The van der Waals surface area contributed by atoms with Crippen LogP contribution < -0.4 is 5.32 Å². The number of unbranched alkanes of at least 4 members (excludes halogenated alkanes) is 11. The van der Waals surface area contributed by atoms with E-state index >= 15 is 0 Å². The van der Waals surface area contributed by atoms with E-state index < -0.39 is 5.60 Å². The quantitative estimate of drug-likeness (QED) is 0.349. The second-order valence-corrected chi connectivity index (χ2v) is 9.91. The van der Waals surface area contributed by atoms with Crippen molar-refractivity contribution in [3.05, 3.63) is 0 Å². The maximum Gasteiger partial charge on any atom is 0.410 e. The molecular weight excluding hydrogens is 390 g/mol. The fourth-order valence-corrected chi connectivity index (χ4v) is 3.86. The van der Waals surface area contributed by atoms with Gasteiger partial charge < -0.3 is 19.9 Å². The number of ether oxygens (including phenoxy) is 1. The second kappa shape index (κ2) is 16.3. The van der Waals surface area contributed by atoms with E-state index in [0.29, 0.717) is 32.7 Å². The molecule has 0 aliphatic carbocycles. The van der Waals surface area contributed by atoms with Gasteiger partial charge in [0, 0.05) is 26.2 Å². The van der Waals surface area contributed by atoms with E-state index in [1.54, 1.807) is 4.90 Å². The van der Waals surface area contributed by atoms with Gasteiger partial charge in [-0.15, -0.1) is 0 Å². The second-order valence-electron chi connectivity index (χ2n) is 9.91. The predicted octanol–water partition coefficient (Wildman–Crippen LogP) is 5.36. The molecule has 1 rings (SSSR count). The van der Waals surface area contributed by atoms with E-state index in [1.807, 2.05) is 25.7 Å². The highest BCUT2D eigenvalue weighted by Crippen LogP contribution is 2.13. The number of piperazine rings is 1. The predicted molar refractivity (Wildman–Crippen MR) is 128 cm³/mol. The Hall–Kier alpha value is -1.30. The summed E-state index contributed by atoms with van der Waals surface area (Å²) in [5, 5.41) is 3.29. The van der Waals surface area contributed by atoms with Gasteiger partial charge in [-0.25, -0.2) is 4.79 Å². The average molecular weight is 440 g/mol. The van der Waals surface area contributed by atoms with E-state index in [-0.39, 0.29) is 12.0 Å². The molecule has 0 aromatic heterocycles. The minimum absolute atomic E-state index is 0.128. The molecule has 0 aromatic rings. The van der Waals surface area contributed by atoms with E-state index in [0.717, 1.165) is 13.0 Å². The third kappa shape index (κ3) is 14.4. The Bertz CT molecular complexity index is 483. The fourth-order valence-electron chi connectivity index (χ4n) is 3.86. The maximum absolute atomic E-state index is 12.4. The molecule has 0 atom stereocenters. The van der Waals surface area contributed by atoms with Crippen LogP contribution in [-0.4, -0.2) is 66.7 Å². The van der Waals surface area contributed by atoms with Crippen molar-refractivity contribution in [1.29, 1.82) is 0 Å². The molecule has 1 heterocycles. The Balaban J connectivity index is 1.94. The summed E-state index contributed by atoms with van der Waals surface area (Å²) in [6.07, 6.45) is 15.9. The van der Waals surface area contributed by atoms with Crippen LogP contribution in [-0.2, 0) is 9.53 Å². The van der Waals surface area contributed by atoms with Gasteiger partial charge in [0.2, 0.25) is 5.91 Å². The number of amides is 2. The van der Waals surface area contributed by atoms with Gasteiger partial charge in [-0.2, -0.15) is 0 Å². The first-order valence-corrected chi connectivity index (χ1v) is 12.8. The molecular formula is C25H49N3O3. The minimum Gasteiger partial charge on any atom is -0.444 e. The molecule has 1 aliphatic rings. The van der Waals surface area contributed by atoms with E-state index in [9.17, 15) is 9.59 Å². The van der Waals surface area contributed by atoms with Gasteiger partial charge >= 0.3 is 6.09 Å². The smallest absolute Gasteiger partial charge is 0.410 e. The lowest BCUT2D eigenvalue weighted by Gasteiger charge is -2.35. The van der Waals surface area contributed by atoms with Crippen molar-refractivity contribution in [2.45, 2.75) is 110 Å². The molecule has 0 aromatic carbocycles. The van der Waals surface area contributed by atoms with Gasteiger partial charge in [-0.1, -0.05) is 77.6 Å². The normalized spacial score (nSPS) is 14.7. The summed E-state index contributed by atoms with van der Waals surface area (Å²) in [7, 11) is 0. The average Bonchev–Trinajstić information content (AvgIpc) is 2.72. The Morgan fingerprint density at radius 1 is 0.742 bits per heavy atom. The molecule has 0 saturated carbocycles. The van der Waals surface area contributed by atoms with E-state index in [1.165, 1.54) is 70.6 Å². The summed E-state index contributed by atoms with van der Waals surface area (Å²) in [5.74, 6) is 0.128. The van der Waals surface area contributed by atoms with Crippen LogP contribution in [0.1, 0.15) is 105 Å². The topological polar surface area (TPSA) is 61.9 Å². The van der Waals surface area contributed by atoms with Crippen LogP contribution in [0.15, 0.2) is 0 Å². The number of carbonyl (C=O) groups is 2. The van der Waals surface area contributed by atoms with Crippen LogP contribution in [0.3, 0.4) is 0 Å². The van der Waals surface area contributed by atoms with Crippen LogP contribution in [0, 0.1) is 0 Å². The summed E-state index contributed by atoms with van der Waals surface area (Å²) < 4.78 is 5.40. The molecule has 1 N–H and O–H groups in total. The number of nitrogens with zero attached hydrogens (tertiary/aromatic N) is 2. The van der Waals surface area contributed by atoms with Crippen molar-refractivity contribution in [3.8, 4) is 0 Å². The lowest BCUT2D eigenvalue weighted by molar-refractivity contribution is -0.132. The van der Waals surface area contributed by atoms with Crippen molar-refractivity contribution < 1.29 is 14.3 Å². The fraction of sp³-hybridized carbons (Fsp3) is 0.920. The lowest BCUT2D eigenvalue weighted by atomic mass is 10.1. The lowest BCUT2D eigenvalue weighted by Crippen LogP contribution is -2.53. The first-order valence-electron chi connectivity index (χ1n) is 12.8. The number of rotatable bonds is 15. The number of nitrogens with one attached hydrogen (secondary N) is 1. The van der Waals surface area contributed by atoms with Gasteiger partial charge in [0.15, 0.2) is 0 Å². The van der Waals surface area contributed by atoms with Gasteiger partial charge in [0.25, 0.3) is 0 Å². The summed E-state index contributed by atoms with van der Waals surface area (Å²) in [6, 6.07) is 0. The zero-order valence-electron chi connectivity index (χ0n) is 20.8. The number of hydrogen-bond acceptors (Lipinski definition) is 4. The molecule has 0 unspecified atom stereocenters. The monoisotopic (exact) mass is 439 g/mol. The first kappa shape index (κ1) is 27.7. The largest absolute Gasteiger partial charge is 0.444 e. The van der Waals surface area contributed by atoms with Crippen molar-refractivity contribution in [2.75, 3.05) is 39.3 Å². The van der Waals surface area contributed by atoms with Gasteiger partial charge in [0.05, 0.1) is 6.54 Å². The van der Waals surface area contributed by atoms with E-state index in [4.69, 9.17) is 4.74 Å². The molecule has 182 valence electrons. The highest BCUT2D eigenvalue weighted by Gasteiger charge is 2.27. The van der Waals surface area contributed by atoms with E-state index in [2.05, 4.69) is 12.2 Å². The summed E-state index contributed by atoms with van der Waals surface area (Å²) in [6.45, 7) is 11.4. The molecule has 0 radical (unpaired) electrons. The van der Waals surface area contributed by atoms with Crippen LogP contribution >= 0.6 is 0 Å². The van der Waals surface area contributed by atoms with Crippen LogP contribution in [0.4, 0.5) is 4.79 Å². The van der Waals surface area contributed by atoms with Crippen LogP contribution in [0.2, 0.25) is 0 Å². The highest BCUT2D eigenvalue weighted by molar-refractivity contribution is 5.78. The molecule has 31 heavy (non-hydrogen) atoms. The SMILES string of the molecule is CCCCCCCCCCCCCCNCC(=O)N1CCN(C(=O)OC(C)(C)C)CC1. The molecule has 6 heteroatoms. The Labute approximate surface area is 191 Å². The van der Waals surface area contributed by atoms with Crippen molar-refractivity contribution in [1.82, 2.24) is 15.1 Å². The van der Waals surface area contributed by atoms with Gasteiger partial charge in [-0.05, 0) is 33.7 Å². The molecule has 1 fully saturated rings. The van der Waals surface area contributed by atoms with Crippen molar-refractivity contribution in [2.24, 2.45) is 0 Å². The molecule has 0 bridgehead atoms. The van der Waals surface area contributed by atoms with Crippen molar-refractivity contribution >= 4 is 12.0 Å². The molecule has 2 amide bonds. The standard InChI is InChI=1S/C25H49N3O3/c1-5-6-7-8-9-10-11-12-13-14-15-16-17-26-22-23(29)27-18-20-28(21-19-27)24(30)31-25(2,3)4/h26H,5-22H2,1-4H3. The molecule has 0 spiro atoms. The highest BCUT2D eigenvalue weighted by atomic mass is 16.6. The van der Waals surface area contributed by atoms with Gasteiger partial charge in [-0.3, -0.25) is 4.79 Å². The molecule has 6 nitrogen and oxygen atoms in total. The van der Waals surface area contributed by atoms with Crippen LogP contribution in [0.5, 0.6) is 0 Å². The number of carbonyl (C=O) groups excluding carboxylic acids is 2. The third-order valence-electron chi connectivity index (χ3n) is 5.77. The maximum atomic E-state index is 12.4. The first-order chi connectivity index (χ1) is 14.8. The zero-order chi connectivity index (χ0) is 23.0. The zero-order valence-corrected chi connectivity index (χ0v) is 20.8. The number of hydrogen-bond donors (Lipinski definition) is 1. The van der Waals surface area contributed by atoms with Crippen molar-refractivity contribution in [3.63, 3.8) is 0 Å². The Morgan fingerprint density at radius 2 is 1.19 bits per heavy atom. The Morgan fingerprint density at radius 3 is 1.68 bits per heavy atom. The summed E-state index contributed by atoms with van der Waals surface area (Å²) >= 11 is 0. The summed E-state index contributed by atoms with van der Waals surface area (Å²) in [5.41, 5.74) is -0.484. The minimum atomic E-state index is -0.484.